The van der Waals surface area contributed by atoms with Gasteiger partial charge in [-0.15, -0.1) is 0 Å². The van der Waals surface area contributed by atoms with Crippen LogP contribution in [0.25, 0.3) is 0 Å². The fraction of sp³-hybridized carbons (Fsp3) is 0.417. The van der Waals surface area contributed by atoms with Crippen LogP contribution in [0.3, 0.4) is 0 Å². The minimum atomic E-state index is -2.95. The van der Waals surface area contributed by atoms with Gasteiger partial charge in [-0.2, -0.15) is 0 Å². The first-order chi connectivity index (χ1) is 8.37. The summed E-state index contributed by atoms with van der Waals surface area (Å²) >= 11 is 0. The molecule has 18 heavy (non-hydrogen) atoms. The first-order valence-corrected chi connectivity index (χ1v) is 7.52. The van der Waals surface area contributed by atoms with Gasteiger partial charge < -0.3 is 10.5 Å². The maximum Gasteiger partial charge on any atom is 0.154 e. The Morgan fingerprint density at radius 3 is 2.78 bits per heavy atom. The monoisotopic (exact) mass is 268 g/mol. The Morgan fingerprint density at radius 1 is 1.50 bits per heavy atom. The third kappa shape index (κ3) is 2.81. The fourth-order valence-electron chi connectivity index (χ4n) is 1.93. The number of benzene rings is 1. The maximum atomic E-state index is 11.4. The number of nitrogens with one attached hydrogen (secondary N) is 1. The molecule has 0 bridgehead atoms. The van der Waals surface area contributed by atoms with E-state index in [2.05, 4.69) is 0 Å². The third-order valence-corrected chi connectivity index (χ3v) is 4.72. The van der Waals surface area contributed by atoms with E-state index in [1.54, 1.807) is 12.1 Å². The highest BCUT2D eigenvalue weighted by Crippen LogP contribution is 2.24. The summed E-state index contributed by atoms with van der Waals surface area (Å²) in [7, 11) is -2.95. The normalized spacial score (nSPS) is 21.7. The zero-order valence-electron chi connectivity index (χ0n) is 10.1. The minimum Gasteiger partial charge on any atom is -0.489 e. The number of rotatable bonds is 3. The summed E-state index contributed by atoms with van der Waals surface area (Å²) in [5.74, 6) is 0.823. The quantitative estimate of drug-likeness (QED) is 0.627. The minimum absolute atomic E-state index is 0.0288. The third-order valence-electron chi connectivity index (χ3n) is 2.98. The highest BCUT2D eigenvalue weighted by molar-refractivity contribution is 7.91. The first kappa shape index (κ1) is 12.9. The van der Waals surface area contributed by atoms with Gasteiger partial charge in [-0.3, -0.25) is 5.41 Å². The SMILES string of the molecule is Cc1ccc(C(=N)N)cc1OC1CCS(=O)(=O)C1. The number of nitrogen functional groups attached to an aromatic ring is 1. The number of ether oxygens (including phenoxy) is 1. The highest BCUT2D eigenvalue weighted by Gasteiger charge is 2.29. The van der Waals surface area contributed by atoms with Gasteiger partial charge in [0.15, 0.2) is 9.84 Å². The molecule has 1 aromatic carbocycles. The molecule has 1 atom stereocenters. The molecule has 1 aliphatic heterocycles. The largest absolute Gasteiger partial charge is 0.489 e. The molecular weight excluding hydrogens is 252 g/mol. The van der Waals surface area contributed by atoms with Crippen LogP contribution in [-0.4, -0.2) is 31.9 Å². The summed E-state index contributed by atoms with van der Waals surface area (Å²) in [4.78, 5) is 0. The molecule has 1 fully saturated rings. The Kier molecular flexibility index (Phi) is 3.30. The molecule has 0 aromatic heterocycles. The van der Waals surface area contributed by atoms with Gasteiger partial charge in [-0.05, 0) is 25.0 Å². The molecular formula is C12H16N2O3S. The molecule has 1 unspecified atom stereocenters. The molecule has 1 aliphatic rings. The summed E-state index contributed by atoms with van der Waals surface area (Å²) in [6, 6.07) is 5.24. The smallest absolute Gasteiger partial charge is 0.154 e. The zero-order chi connectivity index (χ0) is 13.3. The molecule has 98 valence electrons. The van der Waals surface area contributed by atoms with Gasteiger partial charge in [-0.1, -0.05) is 12.1 Å². The van der Waals surface area contributed by atoms with E-state index in [9.17, 15) is 8.42 Å². The number of hydrogen-bond acceptors (Lipinski definition) is 4. The summed E-state index contributed by atoms with van der Waals surface area (Å²) in [5.41, 5.74) is 6.90. The summed E-state index contributed by atoms with van der Waals surface area (Å²) in [6.45, 7) is 1.88. The van der Waals surface area contributed by atoms with Crippen molar-refractivity contribution in [2.45, 2.75) is 19.4 Å². The predicted octanol–water partition coefficient (Wildman–Crippen LogP) is 0.845. The van der Waals surface area contributed by atoms with Gasteiger partial charge in [0.1, 0.15) is 17.7 Å². The van der Waals surface area contributed by atoms with E-state index in [4.69, 9.17) is 15.9 Å². The Labute approximate surface area is 106 Å². The Bertz CT molecular complexity index is 581. The lowest BCUT2D eigenvalue weighted by atomic mass is 10.1. The van der Waals surface area contributed by atoms with Crippen LogP contribution in [0.5, 0.6) is 5.75 Å². The van der Waals surface area contributed by atoms with E-state index in [0.29, 0.717) is 17.7 Å². The van der Waals surface area contributed by atoms with Crippen molar-refractivity contribution in [1.29, 1.82) is 5.41 Å². The van der Waals surface area contributed by atoms with Crippen molar-refractivity contribution in [2.75, 3.05) is 11.5 Å². The second kappa shape index (κ2) is 4.61. The number of sulfone groups is 1. The van der Waals surface area contributed by atoms with Crippen LogP contribution in [-0.2, 0) is 9.84 Å². The van der Waals surface area contributed by atoms with Crippen molar-refractivity contribution in [3.8, 4) is 5.75 Å². The summed E-state index contributed by atoms with van der Waals surface area (Å²) < 4.78 is 28.4. The first-order valence-electron chi connectivity index (χ1n) is 5.69. The van der Waals surface area contributed by atoms with E-state index in [0.717, 1.165) is 5.56 Å². The number of aryl methyl sites for hydroxylation is 1. The molecule has 6 heteroatoms. The molecule has 5 nitrogen and oxygen atoms in total. The second-order valence-corrected chi connectivity index (χ2v) is 6.77. The number of hydrogen-bond donors (Lipinski definition) is 2. The predicted molar refractivity (Wildman–Crippen MR) is 69.9 cm³/mol. The molecule has 0 amide bonds. The van der Waals surface area contributed by atoms with Crippen molar-refractivity contribution in [3.63, 3.8) is 0 Å². The molecule has 1 heterocycles. The van der Waals surface area contributed by atoms with E-state index in [1.165, 1.54) is 0 Å². The summed E-state index contributed by atoms with van der Waals surface area (Å²) in [6.07, 6.45) is 0.224. The van der Waals surface area contributed by atoms with E-state index in [-0.39, 0.29) is 23.4 Å². The van der Waals surface area contributed by atoms with Crippen LogP contribution < -0.4 is 10.5 Å². The lowest BCUT2D eigenvalue weighted by Crippen LogP contribution is -2.19. The van der Waals surface area contributed by atoms with Crippen LogP contribution >= 0.6 is 0 Å². The number of amidine groups is 1. The van der Waals surface area contributed by atoms with Crippen molar-refractivity contribution in [3.05, 3.63) is 29.3 Å². The second-order valence-electron chi connectivity index (χ2n) is 4.54. The zero-order valence-corrected chi connectivity index (χ0v) is 11.0. The molecule has 0 spiro atoms. The van der Waals surface area contributed by atoms with Crippen molar-refractivity contribution in [2.24, 2.45) is 5.73 Å². The Morgan fingerprint density at radius 2 is 2.22 bits per heavy atom. The van der Waals surface area contributed by atoms with Crippen LogP contribution in [0.4, 0.5) is 0 Å². The average Bonchev–Trinajstić information content (AvgIpc) is 2.61. The molecule has 0 radical (unpaired) electrons. The molecule has 3 N–H and O–H groups in total. The van der Waals surface area contributed by atoms with Gasteiger partial charge in [-0.25, -0.2) is 8.42 Å². The lowest BCUT2D eigenvalue weighted by Gasteiger charge is -2.15. The number of nitrogens with two attached hydrogens (primary N) is 1. The van der Waals surface area contributed by atoms with E-state index < -0.39 is 9.84 Å². The molecule has 1 saturated heterocycles. The van der Waals surface area contributed by atoms with Gasteiger partial charge in [0, 0.05) is 5.56 Å². The van der Waals surface area contributed by atoms with Crippen LogP contribution in [0.15, 0.2) is 18.2 Å². The van der Waals surface area contributed by atoms with Crippen LogP contribution in [0.1, 0.15) is 17.5 Å². The summed E-state index contributed by atoms with van der Waals surface area (Å²) in [5, 5.41) is 7.38. The Hall–Kier alpha value is -1.56. The Balaban J connectivity index is 2.19. The molecule has 2 rings (SSSR count). The average molecular weight is 268 g/mol. The van der Waals surface area contributed by atoms with Crippen LogP contribution in [0, 0.1) is 12.3 Å². The lowest BCUT2D eigenvalue weighted by molar-refractivity contribution is 0.227. The highest BCUT2D eigenvalue weighted by atomic mass is 32.2. The van der Waals surface area contributed by atoms with E-state index in [1.807, 2.05) is 13.0 Å². The molecule has 0 saturated carbocycles. The van der Waals surface area contributed by atoms with Crippen LogP contribution in [0.2, 0.25) is 0 Å². The van der Waals surface area contributed by atoms with Crippen molar-refractivity contribution in [1.82, 2.24) is 0 Å². The topological polar surface area (TPSA) is 93.2 Å². The van der Waals surface area contributed by atoms with Crippen molar-refractivity contribution >= 4 is 15.7 Å². The van der Waals surface area contributed by atoms with Crippen molar-refractivity contribution < 1.29 is 13.2 Å². The maximum absolute atomic E-state index is 11.4. The molecule has 0 aliphatic carbocycles. The standard InChI is InChI=1S/C12H16N2O3S/c1-8-2-3-9(12(13)14)6-11(8)17-10-4-5-18(15,16)7-10/h2-3,6,10H,4-5,7H2,1H3,(H3,13,14). The van der Waals surface area contributed by atoms with E-state index >= 15 is 0 Å². The van der Waals surface area contributed by atoms with Gasteiger partial charge in [0.25, 0.3) is 0 Å². The van der Waals surface area contributed by atoms with Gasteiger partial charge in [0.05, 0.1) is 11.5 Å². The van der Waals surface area contributed by atoms with Gasteiger partial charge in [0.2, 0.25) is 0 Å². The van der Waals surface area contributed by atoms with Gasteiger partial charge >= 0.3 is 0 Å². The fourth-order valence-corrected chi connectivity index (χ4v) is 3.52. The molecule has 1 aromatic rings.